The van der Waals surface area contributed by atoms with Gasteiger partial charge in [0.05, 0.1) is 12.1 Å². The fourth-order valence-corrected chi connectivity index (χ4v) is 4.43. The van der Waals surface area contributed by atoms with Gasteiger partial charge in [-0.25, -0.2) is 0 Å². The molecule has 1 atom stereocenters. The van der Waals surface area contributed by atoms with Crippen molar-refractivity contribution in [3.63, 3.8) is 0 Å². The molecule has 0 aliphatic carbocycles. The fourth-order valence-electron chi connectivity index (χ4n) is 3.70. The van der Waals surface area contributed by atoms with Crippen molar-refractivity contribution in [2.45, 2.75) is 32.4 Å². The molecule has 6 nitrogen and oxygen atoms in total. The van der Waals surface area contributed by atoms with Gasteiger partial charge in [0.25, 0.3) is 5.91 Å². The molecular formula is C28H30BrClN2O4. The molecule has 3 aromatic carbocycles. The van der Waals surface area contributed by atoms with Crippen LogP contribution in [0.3, 0.4) is 0 Å². The molecule has 0 aliphatic heterocycles. The van der Waals surface area contributed by atoms with E-state index < -0.39 is 6.04 Å². The summed E-state index contributed by atoms with van der Waals surface area (Å²) in [6.07, 6.45) is 1.16. The third-order valence-electron chi connectivity index (χ3n) is 5.55. The van der Waals surface area contributed by atoms with E-state index in [2.05, 4.69) is 21.2 Å². The minimum Gasteiger partial charge on any atom is -0.497 e. The molecule has 3 aromatic rings. The molecule has 0 saturated heterocycles. The maximum atomic E-state index is 13.6. The van der Waals surface area contributed by atoms with E-state index in [1.807, 2.05) is 61.5 Å². The zero-order valence-corrected chi connectivity index (χ0v) is 22.7. The summed E-state index contributed by atoms with van der Waals surface area (Å²) in [6, 6.07) is 21.6. The van der Waals surface area contributed by atoms with Crippen molar-refractivity contribution in [1.29, 1.82) is 0 Å². The summed E-state index contributed by atoms with van der Waals surface area (Å²) < 4.78 is 11.9. The maximum absolute atomic E-state index is 13.6. The molecular weight excluding hydrogens is 544 g/mol. The zero-order chi connectivity index (χ0) is 25.9. The summed E-state index contributed by atoms with van der Waals surface area (Å²) >= 11 is 9.64. The largest absolute Gasteiger partial charge is 0.497 e. The Balaban J connectivity index is 1.91. The van der Waals surface area contributed by atoms with Crippen LogP contribution in [0.5, 0.6) is 11.5 Å². The molecule has 0 heterocycles. The lowest BCUT2D eigenvalue weighted by Crippen LogP contribution is -2.51. The highest BCUT2D eigenvalue weighted by molar-refractivity contribution is 9.10. The second-order valence-corrected chi connectivity index (χ2v) is 9.56. The van der Waals surface area contributed by atoms with Crippen molar-refractivity contribution < 1.29 is 19.1 Å². The third kappa shape index (κ3) is 8.00. The molecule has 2 amide bonds. The number of methoxy groups -OCH3 is 1. The normalized spacial score (nSPS) is 11.4. The number of hydrogen-bond donors (Lipinski definition) is 1. The lowest BCUT2D eigenvalue weighted by molar-refractivity contribution is -0.142. The van der Waals surface area contributed by atoms with Gasteiger partial charge < -0.3 is 19.7 Å². The van der Waals surface area contributed by atoms with Gasteiger partial charge in [0.2, 0.25) is 5.91 Å². The number of carbonyl (C=O) groups is 2. The summed E-state index contributed by atoms with van der Waals surface area (Å²) in [6.45, 7) is 2.46. The van der Waals surface area contributed by atoms with Crippen LogP contribution in [0.2, 0.25) is 5.02 Å². The third-order valence-corrected chi connectivity index (χ3v) is 6.34. The minimum absolute atomic E-state index is 0.210. The second kappa shape index (κ2) is 13.9. The molecule has 3 rings (SSSR count). The quantitative estimate of drug-likeness (QED) is 0.304. The highest BCUT2D eigenvalue weighted by atomic mass is 79.9. The van der Waals surface area contributed by atoms with Crippen LogP contribution < -0.4 is 14.8 Å². The maximum Gasteiger partial charge on any atom is 0.261 e. The number of rotatable bonds is 12. The topological polar surface area (TPSA) is 67.9 Å². The smallest absolute Gasteiger partial charge is 0.261 e. The minimum atomic E-state index is -0.735. The van der Waals surface area contributed by atoms with Crippen LogP contribution in [0.4, 0.5) is 0 Å². The van der Waals surface area contributed by atoms with Gasteiger partial charge in [-0.15, -0.1) is 0 Å². The number of benzene rings is 3. The fraction of sp³-hybridized carbons (Fsp3) is 0.286. The lowest BCUT2D eigenvalue weighted by Gasteiger charge is -2.31. The summed E-state index contributed by atoms with van der Waals surface area (Å²) in [5.41, 5.74) is 1.79. The van der Waals surface area contributed by atoms with Gasteiger partial charge in [0.1, 0.15) is 17.5 Å². The van der Waals surface area contributed by atoms with E-state index in [1.165, 1.54) is 0 Å². The average Bonchev–Trinajstić information content (AvgIpc) is 2.89. The Morgan fingerprint density at radius 2 is 1.78 bits per heavy atom. The first-order chi connectivity index (χ1) is 17.4. The van der Waals surface area contributed by atoms with Crippen molar-refractivity contribution in [2.24, 2.45) is 0 Å². The molecule has 0 radical (unpaired) electrons. The van der Waals surface area contributed by atoms with Gasteiger partial charge in [0, 0.05) is 24.0 Å². The van der Waals surface area contributed by atoms with Gasteiger partial charge in [-0.1, -0.05) is 76.9 Å². The molecule has 1 N–H and O–H groups in total. The van der Waals surface area contributed by atoms with E-state index in [4.69, 9.17) is 21.1 Å². The van der Waals surface area contributed by atoms with Crippen molar-refractivity contribution in [1.82, 2.24) is 10.2 Å². The SMILES string of the molecule is CCCNC(=O)[C@H](Cc1ccccc1)N(Cc1cccc(OC)c1)C(=O)COc1ccc(Br)cc1Cl. The molecule has 0 spiro atoms. The number of carbonyl (C=O) groups excluding carboxylic acids is 2. The molecule has 0 unspecified atom stereocenters. The molecule has 190 valence electrons. The standard InChI is InChI=1S/C28H30BrClN2O4/c1-3-14-31-28(34)25(16-20-8-5-4-6-9-20)32(18-21-10-7-11-23(15-21)35-2)27(33)19-36-26-13-12-22(29)17-24(26)30/h4-13,15,17,25H,3,14,16,18-19H2,1-2H3,(H,31,34)/t25-/m0/s1. The highest BCUT2D eigenvalue weighted by Gasteiger charge is 2.30. The van der Waals surface area contributed by atoms with Crippen LogP contribution in [0.1, 0.15) is 24.5 Å². The Labute approximate surface area is 225 Å². The van der Waals surface area contributed by atoms with Crippen LogP contribution in [0, 0.1) is 0 Å². The molecule has 0 bridgehead atoms. The van der Waals surface area contributed by atoms with E-state index in [-0.39, 0.29) is 25.0 Å². The van der Waals surface area contributed by atoms with Gasteiger partial charge >= 0.3 is 0 Å². The second-order valence-electron chi connectivity index (χ2n) is 8.23. The number of nitrogens with zero attached hydrogens (tertiary/aromatic N) is 1. The number of halogens is 2. The molecule has 0 aromatic heterocycles. The van der Waals surface area contributed by atoms with Gasteiger partial charge in [-0.05, 0) is 47.9 Å². The Hall–Kier alpha value is -3.03. The van der Waals surface area contributed by atoms with E-state index >= 15 is 0 Å². The van der Waals surface area contributed by atoms with Gasteiger partial charge in [0.15, 0.2) is 6.61 Å². The Bertz CT molecular complexity index is 1160. The van der Waals surface area contributed by atoms with Gasteiger partial charge in [-0.3, -0.25) is 9.59 Å². The molecule has 0 fully saturated rings. The number of nitrogens with one attached hydrogen (secondary N) is 1. The summed E-state index contributed by atoms with van der Waals surface area (Å²) in [5.74, 6) is 0.528. The van der Waals surface area contributed by atoms with Crippen LogP contribution in [0.15, 0.2) is 77.3 Å². The van der Waals surface area contributed by atoms with Crippen molar-refractivity contribution in [3.05, 3.63) is 93.4 Å². The molecule has 0 saturated carbocycles. The highest BCUT2D eigenvalue weighted by Crippen LogP contribution is 2.28. The van der Waals surface area contributed by atoms with Crippen molar-refractivity contribution in [3.8, 4) is 11.5 Å². The van der Waals surface area contributed by atoms with Crippen LogP contribution >= 0.6 is 27.5 Å². The zero-order valence-electron chi connectivity index (χ0n) is 20.4. The predicted octanol–water partition coefficient (Wildman–Crippen LogP) is 5.66. The molecule has 8 heteroatoms. The Kier molecular flexibility index (Phi) is 10.6. The Morgan fingerprint density at radius 3 is 2.47 bits per heavy atom. The van der Waals surface area contributed by atoms with E-state index in [9.17, 15) is 9.59 Å². The Morgan fingerprint density at radius 1 is 1.03 bits per heavy atom. The number of ether oxygens (including phenoxy) is 2. The molecule has 0 aliphatic rings. The lowest BCUT2D eigenvalue weighted by atomic mass is 10.0. The van der Waals surface area contributed by atoms with Crippen LogP contribution in [0.25, 0.3) is 0 Å². The first-order valence-corrected chi connectivity index (χ1v) is 12.9. The van der Waals surface area contributed by atoms with Crippen molar-refractivity contribution >= 4 is 39.3 Å². The molecule has 36 heavy (non-hydrogen) atoms. The predicted molar refractivity (Wildman–Crippen MR) is 145 cm³/mol. The van der Waals surface area contributed by atoms with Crippen LogP contribution in [-0.4, -0.2) is 43.0 Å². The summed E-state index contributed by atoms with van der Waals surface area (Å²) in [7, 11) is 1.59. The first kappa shape index (κ1) is 27.6. The van der Waals surface area contributed by atoms with E-state index in [0.29, 0.717) is 29.5 Å². The summed E-state index contributed by atoms with van der Waals surface area (Å²) in [4.78, 5) is 28.5. The van der Waals surface area contributed by atoms with Crippen LogP contribution in [-0.2, 0) is 22.6 Å². The first-order valence-electron chi connectivity index (χ1n) is 11.7. The average molecular weight is 574 g/mol. The number of hydrogen-bond acceptors (Lipinski definition) is 4. The summed E-state index contributed by atoms with van der Waals surface area (Å²) in [5, 5.41) is 3.35. The van der Waals surface area contributed by atoms with Crippen molar-refractivity contribution in [2.75, 3.05) is 20.3 Å². The van der Waals surface area contributed by atoms with E-state index in [0.717, 1.165) is 22.0 Å². The van der Waals surface area contributed by atoms with E-state index in [1.54, 1.807) is 30.2 Å². The van der Waals surface area contributed by atoms with Gasteiger partial charge in [-0.2, -0.15) is 0 Å². The monoisotopic (exact) mass is 572 g/mol. The number of amides is 2.